The third-order valence-corrected chi connectivity index (χ3v) is 2.61. The summed E-state index contributed by atoms with van der Waals surface area (Å²) in [6.45, 7) is 0. The fourth-order valence-electron chi connectivity index (χ4n) is 1.85. The van der Waals surface area contributed by atoms with Gasteiger partial charge >= 0.3 is 0 Å². The average molecular weight is 197 g/mol. The van der Waals surface area contributed by atoms with Crippen molar-refractivity contribution in [2.45, 2.75) is 12.4 Å². The lowest BCUT2D eigenvalue weighted by atomic mass is 10.0. The first kappa shape index (κ1) is 6.67. The van der Waals surface area contributed by atoms with Crippen LogP contribution in [-0.2, 0) is 6.40 Å². The van der Waals surface area contributed by atoms with Crippen molar-refractivity contribution in [3.8, 4) is 0 Å². The van der Waals surface area contributed by atoms with Crippen LogP contribution in [0.3, 0.4) is 0 Å². The Balaban J connectivity index is 2.09. The summed E-state index contributed by atoms with van der Waals surface area (Å²) in [5, 5.41) is 3.16. The Morgan fingerprint density at radius 2 is 1.80 bits per heavy atom. The largest absolute Gasteiger partial charge is 0.378 e. The van der Waals surface area contributed by atoms with Crippen LogP contribution in [0, 0.1) is 0 Å². The van der Waals surface area contributed by atoms with E-state index in [2.05, 4.69) is 5.32 Å². The van der Waals surface area contributed by atoms with Crippen LogP contribution in [0.15, 0.2) is 54.6 Å². The number of hydrogen-bond acceptors (Lipinski definition) is 1. The SMILES string of the molecule is [2H]C1c2ccccc2NC1([2H])c1ccccc1. The number of para-hydroxylation sites is 1. The minimum Gasteiger partial charge on any atom is -0.378 e. The molecule has 2 atom stereocenters. The molecule has 0 spiro atoms. The van der Waals surface area contributed by atoms with E-state index in [9.17, 15) is 0 Å². The van der Waals surface area contributed by atoms with Crippen molar-refractivity contribution in [2.24, 2.45) is 0 Å². The smallest absolute Gasteiger partial charge is 0.0582 e. The van der Waals surface area contributed by atoms with Gasteiger partial charge in [0.2, 0.25) is 0 Å². The second-order valence-corrected chi connectivity index (χ2v) is 3.64. The molecule has 1 aliphatic rings. The Kier molecular flexibility index (Phi) is 1.53. The van der Waals surface area contributed by atoms with Gasteiger partial charge in [0.05, 0.1) is 7.39 Å². The molecule has 0 saturated heterocycles. The number of anilines is 1. The highest BCUT2D eigenvalue weighted by atomic mass is 14.9. The molecule has 0 aliphatic carbocycles. The zero-order chi connectivity index (χ0) is 11.9. The standard InChI is InChI=1S/C14H13N/c1-2-6-11(7-3-1)14-10-12-8-4-5-9-13(12)15-14/h1-9,14-15H,10H2/i10D,14D. The lowest BCUT2D eigenvalue weighted by molar-refractivity contribution is 0.824. The van der Waals surface area contributed by atoms with E-state index in [-0.39, 0.29) is 0 Å². The van der Waals surface area contributed by atoms with Crippen LogP contribution in [0.1, 0.15) is 19.9 Å². The van der Waals surface area contributed by atoms with E-state index in [1.807, 2.05) is 54.6 Å². The van der Waals surface area contributed by atoms with Crippen molar-refractivity contribution >= 4 is 5.69 Å². The normalized spacial score (nSPS) is 30.0. The molecule has 2 aromatic carbocycles. The van der Waals surface area contributed by atoms with Crippen LogP contribution in [0.25, 0.3) is 0 Å². The molecule has 1 heteroatoms. The molecule has 0 fully saturated rings. The van der Waals surface area contributed by atoms with Crippen molar-refractivity contribution in [1.29, 1.82) is 0 Å². The van der Waals surface area contributed by atoms with Gasteiger partial charge in [-0.15, -0.1) is 0 Å². The molecule has 0 radical (unpaired) electrons. The first-order chi connectivity index (χ1) is 8.22. The van der Waals surface area contributed by atoms with E-state index in [4.69, 9.17) is 2.74 Å². The molecule has 1 N–H and O–H groups in total. The molecule has 2 aromatic rings. The van der Waals surface area contributed by atoms with Crippen molar-refractivity contribution < 1.29 is 2.74 Å². The van der Waals surface area contributed by atoms with E-state index >= 15 is 0 Å². The third kappa shape index (κ3) is 1.50. The fraction of sp³-hybridized carbons (Fsp3) is 0.143. The molecule has 1 heterocycles. The van der Waals surface area contributed by atoms with Crippen LogP contribution in [-0.4, -0.2) is 0 Å². The molecule has 0 aromatic heterocycles. The predicted molar refractivity (Wildman–Crippen MR) is 63.0 cm³/mol. The number of benzene rings is 2. The van der Waals surface area contributed by atoms with E-state index in [1.165, 1.54) is 0 Å². The fourth-order valence-corrected chi connectivity index (χ4v) is 1.85. The minimum atomic E-state index is -1.08. The van der Waals surface area contributed by atoms with Gasteiger partial charge in [-0.2, -0.15) is 0 Å². The molecular weight excluding hydrogens is 182 g/mol. The monoisotopic (exact) mass is 197 g/mol. The van der Waals surface area contributed by atoms with E-state index in [0.717, 1.165) is 16.8 Å². The summed E-state index contributed by atoms with van der Waals surface area (Å²) >= 11 is 0. The highest BCUT2D eigenvalue weighted by Gasteiger charge is 2.20. The maximum Gasteiger partial charge on any atom is 0.0582 e. The summed E-state index contributed by atoms with van der Waals surface area (Å²) in [4.78, 5) is 0. The second kappa shape index (κ2) is 3.43. The van der Waals surface area contributed by atoms with Crippen molar-refractivity contribution in [3.63, 3.8) is 0 Å². The molecule has 1 aliphatic heterocycles. The first-order valence-electron chi connectivity index (χ1n) is 6.14. The Morgan fingerprint density at radius 1 is 1.07 bits per heavy atom. The summed E-state index contributed by atoms with van der Waals surface area (Å²) in [6, 6.07) is 16.1. The molecule has 0 saturated carbocycles. The third-order valence-electron chi connectivity index (χ3n) is 2.61. The lowest BCUT2D eigenvalue weighted by Crippen LogP contribution is -2.04. The van der Waals surface area contributed by atoms with E-state index in [1.54, 1.807) is 0 Å². The summed E-state index contributed by atoms with van der Waals surface area (Å²) in [5.41, 5.74) is 2.62. The molecule has 74 valence electrons. The molecule has 0 amide bonds. The number of rotatable bonds is 1. The Labute approximate surface area is 92.6 Å². The van der Waals surface area contributed by atoms with Gasteiger partial charge in [0.1, 0.15) is 0 Å². The van der Waals surface area contributed by atoms with Crippen LogP contribution >= 0.6 is 0 Å². The van der Waals surface area contributed by atoms with Crippen molar-refractivity contribution in [2.75, 3.05) is 5.32 Å². The molecule has 15 heavy (non-hydrogen) atoms. The number of fused-ring (bicyclic) bond motifs is 1. The number of hydrogen-bond donors (Lipinski definition) is 1. The Morgan fingerprint density at radius 3 is 2.60 bits per heavy atom. The van der Waals surface area contributed by atoms with Gasteiger partial charge in [-0.05, 0) is 23.6 Å². The van der Waals surface area contributed by atoms with E-state index in [0.29, 0.717) is 0 Å². The lowest BCUT2D eigenvalue weighted by Gasteiger charge is -2.10. The second-order valence-electron chi connectivity index (χ2n) is 3.64. The summed E-state index contributed by atoms with van der Waals surface area (Å²) < 4.78 is 16.8. The van der Waals surface area contributed by atoms with Gasteiger partial charge in [-0.1, -0.05) is 48.5 Å². The quantitative estimate of drug-likeness (QED) is 0.738. The molecule has 0 bridgehead atoms. The predicted octanol–water partition coefficient (Wildman–Crippen LogP) is 3.40. The van der Waals surface area contributed by atoms with Crippen molar-refractivity contribution in [1.82, 2.24) is 0 Å². The first-order valence-corrected chi connectivity index (χ1v) is 5.07. The topological polar surface area (TPSA) is 12.0 Å². The number of nitrogens with one attached hydrogen (secondary N) is 1. The highest BCUT2D eigenvalue weighted by Crippen LogP contribution is 2.33. The summed E-state index contributed by atoms with van der Waals surface area (Å²) in [5.74, 6) is 0. The van der Waals surface area contributed by atoms with Crippen LogP contribution in [0.2, 0.25) is 0 Å². The highest BCUT2D eigenvalue weighted by molar-refractivity contribution is 5.57. The maximum atomic E-state index is 8.51. The van der Waals surface area contributed by atoms with Crippen LogP contribution < -0.4 is 5.32 Å². The van der Waals surface area contributed by atoms with E-state index < -0.39 is 12.4 Å². The summed E-state index contributed by atoms with van der Waals surface area (Å²) in [7, 11) is 0. The van der Waals surface area contributed by atoms with Gasteiger partial charge < -0.3 is 5.32 Å². The molecular formula is C14H13N. The molecule has 3 rings (SSSR count). The average Bonchev–Trinajstić information content (AvgIpc) is 2.65. The van der Waals surface area contributed by atoms with Crippen molar-refractivity contribution in [3.05, 3.63) is 65.7 Å². The zero-order valence-electron chi connectivity index (χ0n) is 10.3. The van der Waals surface area contributed by atoms with Crippen LogP contribution in [0.5, 0.6) is 0 Å². The minimum absolute atomic E-state index is 0.596. The molecule has 1 nitrogen and oxygen atoms in total. The Hall–Kier alpha value is -1.76. The van der Waals surface area contributed by atoms with Gasteiger partial charge in [0.25, 0.3) is 0 Å². The molecule has 2 unspecified atom stereocenters. The van der Waals surface area contributed by atoms with Gasteiger partial charge in [-0.3, -0.25) is 0 Å². The van der Waals surface area contributed by atoms with Gasteiger partial charge in [-0.25, -0.2) is 0 Å². The van der Waals surface area contributed by atoms with Crippen LogP contribution in [0.4, 0.5) is 5.69 Å². The summed E-state index contributed by atoms with van der Waals surface area (Å²) in [6.07, 6.45) is -0.596. The Bertz CT molecular complexity index is 541. The van der Waals surface area contributed by atoms with Gasteiger partial charge in [0.15, 0.2) is 0 Å². The maximum absolute atomic E-state index is 8.51. The van der Waals surface area contributed by atoms with Gasteiger partial charge in [0, 0.05) is 7.06 Å². The zero-order valence-corrected chi connectivity index (χ0v) is 8.27.